The number of H-pyrrole nitrogens is 1. The number of rotatable bonds is 2. The molecule has 1 amide bonds. The molecule has 0 spiro atoms. The summed E-state index contributed by atoms with van der Waals surface area (Å²) in [5, 5.41) is 16.9. The molecule has 0 aliphatic carbocycles. The predicted octanol–water partition coefficient (Wildman–Crippen LogP) is 2.22. The monoisotopic (exact) mass is 304 g/mol. The number of benzene rings is 1. The Hall–Kier alpha value is -2.77. The number of nitrogens with zero attached hydrogens (tertiary/aromatic N) is 3. The first-order chi connectivity index (χ1) is 10.5. The number of fused-ring (bicyclic) bond motifs is 1. The third-order valence-corrected chi connectivity index (χ3v) is 3.94. The van der Waals surface area contributed by atoms with E-state index in [2.05, 4.69) is 10.2 Å². The fourth-order valence-corrected chi connectivity index (χ4v) is 2.78. The molecule has 22 heavy (non-hydrogen) atoms. The summed E-state index contributed by atoms with van der Waals surface area (Å²) >= 11 is 0. The van der Waals surface area contributed by atoms with Crippen molar-refractivity contribution in [2.24, 2.45) is 0 Å². The maximum atomic E-state index is 13.4. The van der Waals surface area contributed by atoms with E-state index in [9.17, 15) is 19.3 Å². The molecule has 0 saturated heterocycles. The van der Waals surface area contributed by atoms with Crippen LogP contribution in [0.15, 0.2) is 24.4 Å². The van der Waals surface area contributed by atoms with E-state index in [1.54, 1.807) is 13.0 Å². The van der Waals surface area contributed by atoms with E-state index in [1.165, 1.54) is 17.0 Å². The Kier molecular flexibility index (Phi) is 3.36. The van der Waals surface area contributed by atoms with Gasteiger partial charge in [0, 0.05) is 6.54 Å². The van der Waals surface area contributed by atoms with Crippen LogP contribution >= 0.6 is 0 Å². The highest BCUT2D eigenvalue weighted by molar-refractivity contribution is 5.96. The summed E-state index contributed by atoms with van der Waals surface area (Å²) in [5.74, 6) is -0.876. The number of aromatic nitrogens is 2. The summed E-state index contributed by atoms with van der Waals surface area (Å²) < 4.78 is 13.4. The average Bonchev–Trinajstić information content (AvgIpc) is 2.97. The fraction of sp³-hybridized carbons (Fsp3) is 0.286. The van der Waals surface area contributed by atoms with E-state index in [1.807, 2.05) is 0 Å². The number of nitrogens with one attached hydrogen (secondary N) is 1. The van der Waals surface area contributed by atoms with Crippen molar-refractivity contribution in [3.63, 3.8) is 0 Å². The zero-order valence-electron chi connectivity index (χ0n) is 11.7. The molecule has 7 nitrogen and oxygen atoms in total. The van der Waals surface area contributed by atoms with Crippen molar-refractivity contribution in [2.45, 2.75) is 19.4 Å². The van der Waals surface area contributed by atoms with Gasteiger partial charge in [-0.25, -0.2) is 4.39 Å². The summed E-state index contributed by atoms with van der Waals surface area (Å²) in [6, 6.07) is 4.14. The Morgan fingerprint density at radius 2 is 2.32 bits per heavy atom. The highest BCUT2D eigenvalue weighted by Crippen LogP contribution is 2.31. The second-order valence-corrected chi connectivity index (χ2v) is 5.16. The van der Waals surface area contributed by atoms with Crippen molar-refractivity contribution in [2.75, 3.05) is 6.54 Å². The van der Waals surface area contributed by atoms with E-state index in [4.69, 9.17) is 0 Å². The average molecular weight is 304 g/mol. The number of nitro groups is 1. The number of carbonyl (C=O) groups excluding carboxylic acids is 1. The van der Waals surface area contributed by atoms with Crippen molar-refractivity contribution in [3.05, 3.63) is 57.1 Å². The van der Waals surface area contributed by atoms with Gasteiger partial charge in [0.25, 0.3) is 5.91 Å². The Morgan fingerprint density at radius 1 is 1.55 bits per heavy atom. The number of carbonyl (C=O) groups is 1. The van der Waals surface area contributed by atoms with Gasteiger partial charge >= 0.3 is 5.69 Å². The van der Waals surface area contributed by atoms with E-state index in [-0.39, 0.29) is 23.2 Å². The second-order valence-electron chi connectivity index (χ2n) is 5.16. The lowest BCUT2D eigenvalue weighted by Crippen LogP contribution is -2.39. The molecule has 0 bridgehead atoms. The lowest BCUT2D eigenvalue weighted by atomic mass is 9.93. The summed E-state index contributed by atoms with van der Waals surface area (Å²) in [7, 11) is 0. The van der Waals surface area contributed by atoms with Gasteiger partial charge in [-0.1, -0.05) is 6.07 Å². The van der Waals surface area contributed by atoms with Crippen LogP contribution < -0.4 is 0 Å². The van der Waals surface area contributed by atoms with Gasteiger partial charge in [-0.05, 0) is 36.6 Å². The first kappa shape index (κ1) is 14.2. The Balaban J connectivity index is 1.94. The van der Waals surface area contributed by atoms with Gasteiger partial charge in [0.1, 0.15) is 12.0 Å². The molecule has 114 valence electrons. The first-order valence-corrected chi connectivity index (χ1v) is 6.76. The molecule has 1 atom stereocenters. The topological polar surface area (TPSA) is 92.1 Å². The van der Waals surface area contributed by atoms with E-state index in [0.717, 1.165) is 17.3 Å². The molecule has 3 rings (SSSR count). The van der Waals surface area contributed by atoms with Crippen LogP contribution in [0.3, 0.4) is 0 Å². The predicted molar refractivity (Wildman–Crippen MR) is 74.8 cm³/mol. The lowest BCUT2D eigenvalue weighted by molar-refractivity contribution is -0.385. The Morgan fingerprint density at radius 3 is 3.05 bits per heavy atom. The standard InChI is InChI=1S/C14H13FN4O3/c1-8-11-6-10(15)3-2-9(11)4-5-18(8)14(20)13-12(19(21)22)7-16-17-13/h2-3,6-8H,4-5H2,1H3,(H,16,17). The maximum Gasteiger partial charge on any atom is 0.319 e. The Labute approximate surface area is 124 Å². The van der Waals surface area contributed by atoms with Gasteiger partial charge in [0.05, 0.1) is 11.0 Å². The molecule has 1 unspecified atom stereocenters. The third-order valence-electron chi connectivity index (χ3n) is 3.94. The first-order valence-electron chi connectivity index (χ1n) is 6.76. The van der Waals surface area contributed by atoms with Crippen LogP contribution in [0.4, 0.5) is 10.1 Å². The third kappa shape index (κ3) is 2.22. The number of aromatic amines is 1. The minimum Gasteiger partial charge on any atom is -0.330 e. The summed E-state index contributed by atoms with van der Waals surface area (Å²) in [6.45, 7) is 2.19. The molecular weight excluding hydrogens is 291 g/mol. The molecule has 0 fully saturated rings. The zero-order valence-corrected chi connectivity index (χ0v) is 11.7. The van der Waals surface area contributed by atoms with Crippen LogP contribution in [0.5, 0.6) is 0 Å². The molecule has 0 radical (unpaired) electrons. The van der Waals surface area contributed by atoms with Crippen LogP contribution in [0.1, 0.15) is 34.6 Å². The number of hydrogen-bond donors (Lipinski definition) is 1. The van der Waals surface area contributed by atoms with Crippen molar-refractivity contribution >= 4 is 11.6 Å². The molecule has 1 aromatic heterocycles. The molecule has 2 aromatic rings. The SMILES string of the molecule is CC1c2cc(F)ccc2CCN1C(=O)c1[nH]ncc1[N+](=O)[O-]. The van der Waals surface area contributed by atoms with Crippen LogP contribution in [0.2, 0.25) is 0 Å². The highest BCUT2D eigenvalue weighted by Gasteiger charge is 2.33. The quantitative estimate of drug-likeness (QED) is 0.680. The van der Waals surface area contributed by atoms with Crippen molar-refractivity contribution in [1.29, 1.82) is 0 Å². The van der Waals surface area contributed by atoms with Crippen molar-refractivity contribution in [1.82, 2.24) is 15.1 Å². The summed E-state index contributed by atoms with van der Waals surface area (Å²) in [4.78, 5) is 24.3. The smallest absolute Gasteiger partial charge is 0.319 e. The van der Waals surface area contributed by atoms with Crippen LogP contribution in [0, 0.1) is 15.9 Å². The fourth-order valence-electron chi connectivity index (χ4n) is 2.78. The minimum atomic E-state index is -0.654. The van der Waals surface area contributed by atoms with E-state index >= 15 is 0 Å². The van der Waals surface area contributed by atoms with Crippen LogP contribution in [-0.4, -0.2) is 32.5 Å². The van der Waals surface area contributed by atoms with Gasteiger partial charge < -0.3 is 4.90 Å². The number of halogens is 1. The maximum absolute atomic E-state index is 13.4. The normalized spacial score (nSPS) is 17.2. The van der Waals surface area contributed by atoms with Crippen LogP contribution in [0.25, 0.3) is 0 Å². The number of amides is 1. The lowest BCUT2D eigenvalue weighted by Gasteiger charge is -2.34. The molecule has 1 aromatic carbocycles. The van der Waals surface area contributed by atoms with Crippen molar-refractivity contribution < 1.29 is 14.1 Å². The minimum absolute atomic E-state index is 0.156. The van der Waals surface area contributed by atoms with Gasteiger partial charge in [-0.15, -0.1) is 0 Å². The summed E-state index contributed by atoms with van der Waals surface area (Å²) in [6.07, 6.45) is 1.59. The van der Waals surface area contributed by atoms with Gasteiger partial charge in [-0.3, -0.25) is 20.0 Å². The van der Waals surface area contributed by atoms with Gasteiger partial charge in [0.15, 0.2) is 0 Å². The zero-order chi connectivity index (χ0) is 15.9. The van der Waals surface area contributed by atoms with Crippen LogP contribution in [-0.2, 0) is 6.42 Å². The second kappa shape index (κ2) is 5.21. The molecular formula is C14H13FN4O3. The van der Waals surface area contributed by atoms with Crippen molar-refractivity contribution in [3.8, 4) is 0 Å². The number of hydrogen-bond acceptors (Lipinski definition) is 4. The molecule has 1 N–H and O–H groups in total. The largest absolute Gasteiger partial charge is 0.330 e. The van der Waals surface area contributed by atoms with E-state index < -0.39 is 10.8 Å². The molecule has 8 heteroatoms. The molecule has 1 aliphatic heterocycles. The highest BCUT2D eigenvalue weighted by atomic mass is 19.1. The van der Waals surface area contributed by atoms with Gasteiger partial charge in [-0.2, -0.15) is 5.10 Å². The molecule has 1 aliphatic rings. The Bertz CT molecular complexity index is 758. The van der Waals surface area contributed by atoms with E-state index in [0.29, 0.717) is 13.0 Å². The molecule has 0 saturated carbocycles. The summed E-state index contributed by atoms with van der Waals surface area (Å²) in [5.41, 5.74) is 1.19. The van der Waals surface area contributed by atoms with Gasteiger partial charge in [0.2, 0.25) is 5.69 Å². The molecule has 2 heterocycles.